The van der Waals surface area contributed by atoms with Crippen molar-refractivity contribution in [3.63, 3.8) is 0 Å². The van der Waals surface area contributed by atoms with Crippen LogP contribution in [0.25, 0.3) is 0 Å². The summed E-state index contributed by atoms with van der Waals surface area (Å²) < 4.78 is 46.4. The number of hydrogen-bond acceptors (Lipinski definition) is 13. The largest absolute Gasteiger partial charge is 0.490 e. The van der Waals surface area contributed by atoms with E-state index in [1.807, 2.05) is 13.0 Å². The number of rotatable bonds is 13. The average molecular weight is 686 g/mol. The molecule has 4 aromatic rings. The normalized spacial score (nSPS) is 14.0. The second-order valence-electron chi connectivity index (χ2n) is 11.3. The number of piperazine rings is 1. The third-order valence-electron chi connectivity index (χ3n) is 7.50. The highest BCUT2D eigenvalue weighted by Crippen LogP contribution is 2.38. The van der Waals surface area contributed by atoms with Gasteiger partial charge in [0.15, 0.2) is 32.4 Å². The van der Waals surface area contributed by atoms with Crippen molar-refractivity contribution in [1.82, 2.24) is 30.0 Å². The first-order valence-corrected chi connectivity index (χ1v) is 17.2. The first kappa shape index (κ1) is 34.0. The summed E-state index contributed by atoms with van der Waals surface area (Å²) in [6.45, 7) is 7.04. The van der Waals surface area contributed by atoms with Gasteiger partial charge >= 0.3 is 0 Å². The summed E-state index contributed by atoms with van der Waals surface area (Å²) in [5, 5.41) is 21.9. The molecule has 1 fully saturated rings. The van der Waals surface area contributed by atoms with Gasteiger partial charge in [-0.25, -0.2) is 22.8 Å². The number of halogens is 1. The van der Waals surface area contributed by atoms with Crippen LogP contribution in [-0.2, 0) is 15.6 Å². The lowest BCUT2D eigenvalue weighted by atomic mass is 10.2. The molecule has 3 heterocycles. The van der Waals surface area contributed by atoms with Crippen LogP contribution in [0.3, 0.4) is 0 Å². The Labute approximate surface area is 276 Å². The number of likely N-dealkylation sites (N-methyl/N-ethyl adjacent to an activating group) is 1. The number of aryl methyl sites for hydroxylation is 1. The smallest absolute Gasteiger partial charge is 0.269 e. The Morgan fingerprint density at radius 3 is 2.45 bits per heavy atom. The fraction of sp³-hybridized carbons (Fsp3) is 0.367. The zero-order chi connectivity index (χ0) is 33.7. The van der Waals surface area contributed by atoms with Gasteiger partial charge in [-0.1, -0.05) is 0 Å². The lowest BCUT2D eigenvalue weighted by Crippen LogP contribution is -2.48. The summed E-state index contributed by atoms with van der Waals surface area (Å²) >= 11 is 1.24. The lowest BCUT2D eigenvalue weighted by molar-refractivity contribution is -0.385. The quantitative estimate of drug-likeness (QED) is 0.118. The van der Waals surface area contributed by atoms with Crippen molar-refractivity contribution in [2.45, 2.75) is 27.6 Å². The van der Waals surface area contributed by atoms with E-state index in [-0.39, 0.29) is 16.1 Å². The Morgan fingerprint density at radius 1 is 1.11 bits per heavy atom. The van der Waals surface area contributed by atoms with E-state index < -0.39 is 26.3 Å². The molecule has 0 radical (unpaired) electrons. The fourth-order valence-corrected chi connectivity index (χ4v) is 7.07. The van der Waals surface area contributed by atoms with E-state index in [0.29, 0.717) is 33.3 Å². The average Bonchev–Trinajstić information content (AvgIpc) is 3.45. The van der Waals surface area contributed by atoms with Crippen LogP contribution in [0.4, 0.5) is 27.5 Å². The van der Waals surface area contributed by atoms with Crippen molar-refractivity contribution in [2.24, 2.45) is 0 Å². The Bertz CT molecular complexity index is 1830. The standard InChI is InChI=1S/C30H36FN9O5S2/c1-20-17-26(36-35-20)32-28-27(45-4)29(39-15-13-38(14-16-39)12-11-37(2)3)34-30(33-28)46-23-6-8-24(9-7-23)47(43,44)19-21-18-22(40(41)42)5-10-25(21)31/h5-10,17-18H,11-16,19H2,1-4H3,(H2,32,33,34,35,36). The molecular formula is C30H36FN9O5S2. The molecule has 0 amide bonds. The molecule has 1 aliphatic heterocycles. The Kier molecular flexibility index (Phi) is 10.6. The van der Waals surface area contributed by atoms with E-state index in [0.717, 1.165) is 63.2 Å². The van der Waals surface area contributed by atoms with E-state index >= 15 is 0 Å². The number of ether oxygens (including phenoxy) is 1. The summed E-state index contributed by atoms with van der Waals surface area (Å²) in [7, 11) is 1.69. The van der Waals surface area contributed by atoms with Crippen molar-refractivity contribution in [3.05, 3.63) is 75.7 Å². The SMILES string of the molecule is COc1c(Nc2cc(C)[nH]n2)nc(Sc2ccc(S(=O)(=O)Cc3cc([N+](=O)[O-])ccc3F)cc2)nc1N1CCN(CCN(C)C)CC1. The second kappa shape index (κ2) is 14.6. The third kappa shape index (κ3) is 8.54. The van der Waals surface area contributed by atoms with E-state index in [4.69, 9.17) is 14.7 Å². The molecule has 2 N–H and O–H groups in total. The van der Waals surface area contributed by atoms with Crippen molar-refractivity contribution in [3.8, 4) is 5.75 Å². The molecule has 2 aromatic heterocycles. The number of nitro groups is 1. The van der Waals surface area contributed by atoms with Gasteiger partial charge in [-0.15, -0.1) is 0 Å². The summed E-state index contributed by atoms with van der Waals surface area (Å²) in [5.41, 5.74) is 0.208. The maximum absolute atomic E-state index is 14.3. The molecule has 14 nitrogen and oxygen atoms in total. The zero-order valence-corrected chi connectivity index (χ0v) is 28.1. The Hall–Kier alpha value is -4.32. The van der Waals surface area contributed by atoms with Crippen LogP contribution in [0, 0.1) is 22.9 Å². The molecule has 0 aliphatic carbocycles. The van der Waals surface area contributed by atoms with Gasteiger partial charge in [-0.3, -0.25) is 20.1 Å². The van der Waals surface area contributed by atoms with Crippen molar-refractivity contribution in [2.75, 3.05) is 70.7 Å². The highest BCUT2D eigenvalue weighted by Gasteiger charge is 2.26. The van der Waals surface area contributed by atoms with Crippen LogP contribution in [0.15, 0.2) is 63.5 Å². The molecule has 17 heteroatoms. The highest BCUT2D eigenvalue weighted by molar-refractivity contribution is 7.99. The maximum Gasteiger partial charge on any atom is 0.269 e. The molecule has 0 unspecified atom stereocenters. The molecule has 0 spiro atoms. The monoisotopic (exact) mass is 685 g/mol. The Morgan fingerprint density at radius 2 is 1.83 bits per heavy atom. The number of anilines is 3. The van der Waals surface area contributed by atoms with E-state index in [1.165, 1.54) is 23.9 Å². The first-order valence-electron chi connectivity index (χ1n) is 14.7. The van der Waals surface area contributed by atoms with E-state index in [2.05, 4.69) is 44.3 Å². The maximum atomic E-state index is 14.3. The molecule has 47 heavy (non-hydrogen) atoms. The summed E-state index contributed by atoms with van der Waals surface area (Å²) in [6.07, 6.45) is 0. The van der Waals surface area contributed by atoms with Gasteiger partial charge in [0.05, 0.1) is 22.7 Å². The van der Waals surface area contributed by atoms with Crippen molar-refractivity contribution in [1.29, 1.82) is 0 Å². The number of benzene rings is 2. The van der Waals surface area contributed by atoms with E-state index in [9.17, 15) is 22.9 Å². The lowest BCUT2D eigenvalue weighted by Gasteiger charge is -2.36. The number of aromatic amines is 1. The van der Waals surface area contributed by atoms with Crippen molar-refractivity contribution >= 4 is 44.7 Å². The van der Waals surface area contributed by atoms with Crippen LogP contribution in [0.1, 0.15) is 11.3 Å². The predicted octanol–water partition coefficient (Wildman–Crippen LogP) is 4.12. The molecule has 250 valence electrons. The third-order valence-corrected chi connectivity index (χ3v) is 10.1. The molecule has 2 aromatic carbocycles. The van der Waals surface area contributed by atoms with E-state index in [1.54, 1.807) is 19.2 Å². The molecule has 0 saturated carbocycles. The first-order chi connectivity index (χ1) is 22.4. The minimum atomic E-state index is -4.00. The molecule has 1 saturated heterocycles. The molecular weight excluding hydrogens is 650 g/mol. The fourth-order valence-electron chi connectivity index (χ4n) is 4.97. The molecule has 0 bridgehead atoms. The number of nitro benzene ring substituents is 1. The number of hydrogen-bond donors (Lipinski definition) is 2. The Balaban J connectivity index is 1.39. The summed E-state index contributed by atoms with van der Waals surface area (Å²) in [6, 6.07) is 10.7. The number of methoxy groups -OCH3 is 1. The number of aromatic nitrogens is 4. The topological polar surface area (TPSA) is 163 Å². The van der Waals surface area contributed by atoms with Gasteiger partial charge in [0.25, 0.3) is 5.69 Å². The predicted molar refractivity (Wildman–Crippen MR) is 177 cm³/mol. The van der Waals surface area contributed by atoms with Gasteiger partial charge in [0.2, 0.25) is 5.75 Å². The second-order valence-corrected chi connectivity index (χ2v) is 14.3. The number of nitrogens with zero attached hydrogens (tertiary/aromatic N) is 7. The van der Waals surface area contributed by atoms with Crippen LogP contribution < -0.4 is 15.0 Å². The summed E-state index contributed by atoms with van der Waals surface area (Å²) in [4.78, 5) is 27.4. The van der Waals surface area contributed by atoms with Crippen LogP contribution in [-0.4, -0.2) is 104 Å². The van der Waals surface area contributed by atoms with Gasteiger partial charge in [0.1, 0.15) is 5.82 Å². The molecule has 5 rings (SSSR count). The number of sulfone groups is 1. The zero-order valence-electron chi connectivity index (χ0n) is 26.4. The van der Waals surface area contributed by atoms with Gasteiger partial charge in [-0.05, 0) is 63.1 Å². The number of non-ortho nitro benzene ring substituents is 1. The minimum absolute atomic E-state index is 0.0486. The van der Waals surface area contributed by atoms with Crippen LogP contribution in [0.5, 0.6) is 5.75 Å². The molecule has 1 aliphatic rings. The molecule has 0 atom stereocenters. The van der Waals surface area contributed by atoms with Gasteiger partial charge in [-0.2, -0.15) is 5.10 Å². The van der Waals surface area contributed by atoms with Crippen molar-refractivity contribution < 1.29 is 22.5 Å². The minimum Gasteiger partial charge on any atom is -0.490 e. The number of nitrogens with one attached hydrogen (secondary N) is 2. The van der Waals surface area contributed by atoms with Gasteiger partial charge in [0, 0.05) is 73.6 Å². The summed E-state index contributed by atoms with van der Waals surface area (Å²) in [5.74, 6) is 0.548. The number of H-pyrrole nitrogens is 1. The highest BCUT2D eigenvalue weighted by atomic mass is 32.2. The van der Waals surface area contributed by atoms with Crippen LogP contribution >= 0.6 is 11.8 Å². The van der Waals surface area contributed by atoms with Gasteiger partial charge < -0.3 is 19.9 Å². The van der Waals surface area contributed by atoms with Crippen LogP contribution in [0.2, 0.25) is 0 Å².